The Balaban J connectivity index is 1.88. The van der Waals surface area contributed by atoms with Gasteiger partial charge in [0.2, 0.25) is 0 Å². The van der Waals surface area contributed by atoms with Gasteiger partial charge in [0.15, 0.2) is 0 Å². The number of rotatable bonds is 3. The molecule has 14 heavy (non-hydrogen) atoms. The number of nitrogens with one attached hydrogen (secondary N) is 1. The lowest BCUT2D eigenvalue weighted by atomic mass is 10.2. The van der Waals surface area contributed by atoms with E-state index in [4.69, 9.17) is 10.5 Å². The molecule has 4 nitrogen and oxygen atoms in total. The van der Waals surface area contributed by atoms with Gasteiger partial charge in [-0.2, -0.15) is 0 Å². The molecule has 1 unspecified atom stereocenters. The van der Waals surface area contributed by atoms with Gasteiger partial charge in [-0.15, -0.1) is 0 Å². The Labute approximate surface area is 83.5 Å². The minimum Gasteiger partial charge on any atom is -0.397 e. The third-order valence-corrected chi connectivity index (χ3v) is 2.40. The highest BCUT2D eigenvalue weighted by atomic mass is 16.5. The van der Waals surface area contributed by atoms with Gasteiger partial charge in [0.05, 0.1) is 23.7 Å². The summed E-state index contributed by atoms with van der Waals surface area (Å²) < 4.78 is 5.49. The zero-order valence-electron chi connectivity index (χ0n) is 8.07. The Bertz CT molecular complexity index is 297. The molecule has 0 spiro atoms. The molecule has 76 valence electrons. The number of pyridine rings is 1. The second kappa shape index (κ2) is 4.28. The molecule has 2 heterocycles. The number of hydrogen-bond acceptors (Lipinski definition) is 4. The van der Waals surface area contributed by atoms with Crippen LogP contribution in [0.2, 0.25) is 0 Å². The number of nitrogens with zero attached hydrogens (tertiary/aromatic N) is 1. The average molecular weight is 193 g/mol. The fourth-order valence-electron chi connectivity index (χ4n) is 1.58. The molecule has 0 saturated carbocycles. The minimum atomic E-state index is 0.328. The van der Waals surface area contributed by atoms with E-state index in [9.17, 15) is 0 Å². The van der Waals surface area contributed by atoms with E-state index in [2.05, 4.69) is 10.3 Å². The van der Waals surface area contributed by atoms with Crippen LogP contribution in [0.15, 0.2) is 18.5 Å². The molecular weight excluding hydrogens is 178 g/mol. The van der Waals surface area contributed by atoms with Crippen molar-refractivity contribution >= 4 is 11.4 Å². The van der Waals surface area contributed by atoms with Crippen LogP contribution >= 0.6 is 0 Å². The Kier molecular flexibility index (Phi) is 2.84. The summed E-state index contributed by atoms with van der Waals surface area (Å²) >= 11 is 0. The van der Waals surface area contributed by atoms with Gasteiger partial charge in [-0.25, -0.2) is 0 Å². The molecule has 0 aliphatic carbocycles. The molecule has 1 aliphatic heterocycles. The number of nitrogen functional groups attached to an aromatic ring is 1. The molecule has 0 aromatic carbocycles. The monoisotopic (exact) mass is 193 g/mol. The summed E-state index contributed by atoms with van der Waals surface area (Å²) in [5.41, 5.74) is 7.39. The van der Waals surface area contributed by atoms with E-state index in [0.717, 1.165) is 37.4 Å². The van der Waals surface area contributed by atoms with Gasteiger partial charge in [-0.1, -0.05) is 0 Å². The molecule has 4 heteroatoms. The molecule has 2 rings (SSSR count). The van der Waals surface area contributed by atoms with Crippen LogP contribution in [0.3, 0.4) is 0 Å². The molecule has 3 N–H and O–H groups in total. The standard InChI is InChI=1S/C10H15N3O/c11-9-3-4-12-7-10(9)13-6-8-2-1-5-14-8/h3-4,7-8,13H,1-2,5-6H2,(H2,11,12). The van der Waals surface area contributed by atoms with E-state index in [1.165, 1.54) is 0 Å². The summed E-state index contributed by atoms with van der Waals surface area (Å²) in [6.07, 6.45) is 6.05. The lowest BCUT2D eigenvalue weighted by Gasteiger charge is -2.12. The molecule has 0 amide bonds. The van der Waals surface area contributed by atoms with Crippen molar-refractivity contribution in [2.24, 2.45) is 0 Å². The lowest BCUT2D eigenvalue weighted by Crippen LogP contribution is -2.19. The largest absolute Gasteiger partial charge is 0.397 e. The number of ether oxygens (including phenoxy) is 1. The van der Waals surface area contributed by atoms with Crippen molar-refractivity contribution in [2.75, 3.05) is 24.2 Å². The van der Waals surface area contributed by atoms with Crippen LogP contribution in [0.4, 0.5) is 11.4 Å². The molecular formula is C10H15N3O. The van der Waals surface area contributed by atoms with E-state index in [0.29, 0.717) is 6.10 Å². The van der Waals surface area contributed by atoms with Gasteiger partial charge < -0.3 is 15.8 Å². The lowest BCUT2D eigenvalue weighted by molar-refractivity contribution is 0.120. The van der Waals surface area contributed by atoms with Crippen LogP contribution in [-0.2, 0) is 4.74 Å². The van der Waals surface area contributed by atoms with E-state index in [-0.39, 0.29) is 0 Å². The highest BCUT2D eigenvalue weighted by molar-refractivity contribution is 5.64. The second-order valence-corrected chi connectivity index (χ2v) is 3.48. The molecule has 1 atom stereocenters. The van der Waals surface area contributed by atoms with Crippen molar-refractivity contribution < 1.29 is 4.74 Å². The van der Waals surface area contributed by atoms with Crippen LogP contribution in [0, 0.1) is 0 Å². The maximum atomic E-state index is 5.76. The predicted octanol–water partition coefficient (Wildman–Crippen LogP) is 1.25. The first-order chi connectivity index (χ1) is 6.86. The van der Waals surface area contributed by atoms with Gasteiger partial charge in [0, 0.05) is 19.3 Å². The maximum absolute atomic E-state index is 5.76. The van der Waals surface area contributed by atoms with Crippen molar-refractivity contribution in [3.63, 3.8) is 0 Å². The van der Waals surface area contributed by atoms with Gasteiger partial charge in [-0.05, 0) is 18.9 Å². The third-order valence-electron chi connectivity index (χ3n) is 2.40. The fraction of sp³-hybridized carbons (Fsp3) is 0.500. The van der Waals surface area contributed by atoms with Gasteiger partial charge in [-0.3, -0.25) is 4.98 Å². The molecule has 1 saturated heterocycles. The first-order valence-corrected chi connectivity index (χ1v) is 4.91. The van der Waals surface area contributed by atoms with E-state index in [1.807, 2.05) is 0 Å². The summed E-state index contributed by atoms with van der Waals surface area (Å²) in [6.45, 7) is 1.70. The van der Waals surface area contributed by atoms with Crippen molar-refractivity contribution in [3.05, 3.63) is 18.5 Å². The van der Waals surface area contributed by atoms with E-state index < -0.39 is 0 Å². The predicted molar refractivity (Wildman–Crippen MR) is 56.1 cm³/mol. The average Bonchev–Trinajstić information content (AvgIpc) is 2.69. The van der Waals surface area contributed by atoms with Gasteiger partial charge >= 0.3 is 0 Å². The Morgan fingerprint density at radius 1 is 1.64 bits per heavy atom. The third kappa shape index (κ3) is 2.14. The van der Waals surface area contributed by atoms with E-state index in [1.54, 1.807) is 18.5 Å². The Hall–Kier alpha value is -1.29. The second-order valence-electron chi connectivity index (χ2n) is 3.48. The molecule has 1 aromatic heterocycles. The number of hydrogen-bond donors (Lipinski definition) is 2. The summed E-state index contributed by atoms with van der Waals surface area (Å²) in [5.74, 6) is 0. The van der Waals surface area contributed by atoms with Crippen molar-refractivity contribution in [1.29, 1.82) is 0 Å². The zero-order valence-corrected chi connectivity index (χ0v) is 8.07. The zero-order chi connectivity index (χ0) is 9.80. The Morgan fingerprint density at radius 3 is 3.29 bits per heavy atom. The maximum Gasteiger partial charge on any atom is 0.0761 e. The van der Waals surface area contributed by atoms with Crippen molar-refractivity contribution in [2.45, 2.75) is 18.9 Å². The van der Waals surface area contributed by atoms with Crippen molar-refractivity contribution in [1.82, 2.24) is 4.98 Å². The van der Waals surface area contributed by atoms with Crippen LogP contribution in [0.5, 0.6) is 0 Å². The first kappa shape index (κ1) is 9.27. The molecule has 1 aliphatic rings. The first-order valence-electron chi connectivity index (χ1n) is 4.91. The highest BCUT2D eigenvalue weighted by Gasteiger charge is 2.14. The van der Waals surface area contributed by atoms with Crippen molar-refractivity contribution in [3.8, 4) is 0 Å². The summed E-state index contributed by atoms with van der Waals surface area (Å²) in [5, 5.41) is 3.24. The molecule has 0 radical (unpaired) electrons. The summed E-state index contributed by atoms with van der Waals surface area (Å²) in [4.78, 5) is 4.01. The van der Waals surface area contributed by atoms with Crippen LogP contribution in [-0.4, -0.2) is 24.2 Å². The topological polar surface area (TPSA) is 60.2 Å². The van der Waals surface area contributed by atoms with Crippen LogP contribution in [0.1, 0.15) is 12.8 Å². The number of aromatic nitrogens is 1. The summed E-state index contributed by atoms with van der Waals surface area (Å²) in [6, 6.07) is 1.79. The van der Waals surface area contributed by atoms with Crippen LogP contribution in [0.25, 0.3) is 0 Å². The molecule has 0 bridgehead atoms. The minimum absolute atomic E-state index is 0.328. The molecule has 1 fully saturated rings. The van der Waals surface area contributed by atoms with E-state index >= 15 is 0 Å². The van der Waals surface area contributed by atoms with Gasteiger partial charge in [0.25, 0.3) is 0 Å². The number of nitrogens with two attached hydrogens (primary N) is 1. The highest BCUT2D eigenvalue weighted by Crippen LogP contribution is 2.17. The smallest absolute Gasteiger partial charge is 0.0761 e. The SMILES string of the molecule is Nc1ccncc1NCC1CCCO1. The molecule has 1 aromatic rings. The Morgan fingerprint density at radius 2 is 2.57 bits per heavy atom. The number of anilines is 2. The fourth-order valence-corrected chi connectivity index (χ4v) is 1.58. The normalized spacial score (nSPS) is 21.0. The summed E-state index contributed by atoms with van der Waals surface area (Å²) in [7, 11) is 0. The quantitative estimate of drug-likeness (QED) is 0.758. The van der Waals surface area contributed by atoms with Gasteiger partial charge in [0.1, 0.15) is 0 Å². The van der Waals surface area contributed by atoms with Crippen LogP contribution < -0.4 is 11.1 Å².